The second kappa shape index (κ2) is 8.49. The maximum atomic E-state index is 6.70. The van der Waals surface area contributed by atoms with Gasteiger partial charge in [-0.05, 0) is 43.5 Å². The molecule has 0 aromatic rings. The molecule has 1 saturated heterocycles. The first-order valence-electron chi connectivity index (χ1n) is 8.86. The first kappa shape index (κ1) is 18.9. The van der Waals surface area contributed by atoms with Crippen molar-refractivity contribution in [1.29, 1.82) is 0 Å². The van der Waals surface area contributed by atoms with Gasteiger partial charge < -0.3 is 4.43 Å². The van der Waals surface area contributed by atoms with Gasteiger partial charge in [0.25, 0.3) is 0 Å². The van der Waals surface area contributed by atoms with Gasteiger partial charge in [0.1, 0.15) is 6.23 Å². The molecular formula is C18H37NOSi. The van der Waals surface area contributed by atoms with Crippen molar-refractivity contribution in [1.82, 2.24) is 4.90 Å². The molecule has 0 radical (unpaired) electrons. The summed E-state index contributed by atoms with van der Waals surface area (Å²) < 4.78 is 6.70. The summed E-state index contributed by atoms with van der Waals surface area (Å²) in [7, 11) is -1.71. The molecule has 21 heavy (non-hydrogen) atoms. The highest BCUT2D eigenvalue weighted by Crippen LogP contribution is 2.38. The molecule has 0 aromatic heterocycles. The third kappa shape index (κ3) is 6.25. The van der Waals surface area contributed by atoms with Crippen LogP contribution in [0.2, 0.25) is 18.1 Å². The molecule has 0 saturated carbocycles. The fourth-order valence-electron chi connectivity index (χ4n) is 2.42. The summed E-state index contributed by atoms with van der Waals surface area (Å²) >= 11 is 0. The summed E-state index contributed by atoms with van der Waals surface area (Å²) in [5.41, 5.74) is 0. The lowest BCUT2D eigenvalue weighted by Gasteiger charge is -2.42. The Hall–Kier alpha value is -0.123. The van der Waals surface area contributed by atoms with Crippen LogP contribution in [0.25, 0.3) is 0 Å². The number of rotatable bonds is 7. The van der Waals surface area contributed by atoms with Crippen molar-refractivity contribution in [3.8, 4) is 0 Å². The predicted molar refractivity (Wildman–Crippen MR) is 96.2 cm³/mol. The lowest BCUT2D eigenvalue weighted by atomic mass is 10.1. The predicted octanol–water partition coefficient (Wildman–Crippen LogP) is 5.57. The van der Waals surface area contributed by atoms with E-state index in [-0.39, 0.29) is 11.3 Å². The molecule has 1 aliphatic heterocycles. The molecule has 1 aliphatic rings. The van der Waals surface area contributed by atoms with Crippen molar-refractivity contribution in [2.24, 2.45) is 0 Å². The lowest BCUT2D eigenvalue weighted by Crippen LogP contribution is -2.50. The van der Waals surface area contributed by atoms with Crippen LogP contribution in [0.5, 0.6) is 0 Å². The number of likely N-dealkylation sites (tertiary alicyclic amines) is 1. The van der Waals surface area contributed by atoms with Crippen LogP contribution in [0, 0.1) is 0 Å². The number of nitrogens with zero attached hydrogens (tertiary/aromatic N) is 1. The van der Waals surface area contributed by atoms with Crippen LogP contribution >= 0.6 is 0 Å². The molecular weight excluding hydrogens is 274 g/mol. The third-order valence-electron chi connectivity index (χ3n) is 5.00. The summed E-state index contributed by atoms with van der Waals surface area (Å²) in [6.45, 7) is 16.3. The molecule has 0 bridgehead atoms. The monoisotopic (exact) mass is 311 g/mol. The Morgan fingerprint density at radius 3 is 2.29 bits per heavy atom. The summed E-state index contributed by atoms with van der Waals surface area (Å²) in [6.07, 6.45) is 12.6. The number of piperidine rings is 1. The molecule has 0 amide bonds. The standard InChI is InChI=1S/C18H37NOSi/c1-7-8-9-11-14-17(19-15-12-10-13-16-19)20-21(5,6)18(2,3)4/h11,14,17H,7-10,12-13,15-16H2,1-6H3/b14-11-. The first-order valence-corrected chi connectivity index (χ1v) is 11.8. The Bertz CT molecular complexity index is 314. The average molecular weight is 312 g/mol. The Labute approximate surface area is 134 Å². The lowest BCUT2D eigenvalue weighted by molar-refractivity contribution is 0.0368. The molecule has 0 aromatic carbocycles. The number of allylic oxidation sites excluding steroid dienone is 1. The van der Waals surface area contributed by atoms with Crippen molar-refractivity contribution in [3.05, 3.63) is 12.2 Å². The van der Waals surface area contributed by atoms with Crippen LogP contribution in [0.4, 0.5) is 0 Å². The highest BCUT2D eigenvalue weighted by atomic mass is 28.4. The summed E-state index contributed by atoms with van der Waals surface area (Å²) in [4.78, 5) is 2.55. The topological polar surface area (TPSA) is 12.5 Å². The van der Waals surface area contributed by atoms with Gasteiger partial charge in [-0.15, -0.1) is 0 Å². The Morgan fingerprint density at radius 1 is 1.14 bits per heavy atom. The van der Waals surface area contributed by atoms with Gasteiger partial charge in [-0.25, -0.2) is 0 Å². The second-order valence-corrected chi connectivity index (χ2v) is 12.7. The van der Waals surface area contributed by atoms with Gasteiger partial charge in [-0.2, -0.15) is 0 Å². The molecule has 0 aliphatic carbocycles. The van der Waals surface area contributed by atoms with Crippen molar-refractivity contribution < 1.29 is 4.43 Å². The quantitative estimate of drug-likeness (QED) is 0.346. The van der Waals surface area contributed by atoms with Gasteiger partial charge in [-0.3, -0.25) is 4.90 Å². The smallest absolute Gasteiger partial charge is 0.194 e. The Balaban J connectivity index is 2.73. The molecule has 1 fully saturated rings. The average Bonchev–Trinajstić information content (AvgIpc) is 2.42. The third-order valence-corrected chi connectivity index (χ3v) is 9.44. The van der Waals surface area contributed by atoms with E-state index in [1.165, 1.54) is 51.6 Å². The molecule has 0 spiro atoms. The molecule has 1 atom stereocenters. The maximum Gasteiger partial charge on any atom is 0.194 e. The van der Waals surface area contributed by atoms with E-state index in [9.17, 15) is 0 Å². The summed E-state index contributed by atoms with van der Waals surface area (Å²) in [6, 6.07) is 0. The maximum absolute atomic E-state index is 6.70. The van der Waals surface area contributed by atoms with Crippen LogP contribution in [-0.2, 0) is 4.43 Å². The van der Waals surface area contributed by atoms with Crippen LogP contribution < -0.4 is 0 Å². The zero-order chi connectivity index (χ0) is 15.9. The Morgan fingerprint density at radius 2 is 1.76 bits per heavy atom. The molecule has 1 unspecified atom stereocenters. The van der Waals surface area contributed by atoms with E-state index in [1.54, 1.807) is 0 Å². The largest absolute Gasteiger partial charge is 0.398 e. The van der Waals surface area contributed by atoms with E-state index in [4.69, 9.17) is 4.43 Å². The van der Waals surface area contributed by atoms with Gasteiger partial charge in [-0.1, -0.05) is 53.0 Å². The van der Waals surface area contributed by atoms with Gasteiger partial charge in [0, 0.05) is 13.1 Å². The van der Waals surface area contributed by atoms with E-state index in [0.29, 0.717) is 0 Å². The molecule has 2 nitrogen and oxygen atoms in total. The van der Waals surface area contributed by atoms with Crippen molar-refractivity contribution >= 4 is 8.32 Å². The van der Waals surface area contributed by atoms with Crippen LogP contribution in [0.3, 0.4) is 0 Å². The van der Waals surface area contributed by atoms with Gasteiger partial charge in [0.2, 0.25) is 0 Å². The minimum absolute atomic E-state index is 0.197. The van der Waals surface area contributed by atoms with Crippen molar-refractivity contribution in [2.75, 3.05) is 13.1 Å². The van der Waals surface area contributed by atoms with Gasteiger partial charge in [0.15, 0.2) is 8.32 Å². The number of hydrogen-bond acceptors (Lipinski definition) is 2. The fourth-order valence-corrected chi connectivity index (χ4v) is 3.61. The van der Waals surface area contributed by atoms with Gasteiger partial charge >= 0.3 is 0 Å². The highest BCUT2D eigenvalue weighted by molar-refractivity contribution is 6.74. The van der Waals surface area contributed by atoms with E-state index < -0.39 is 8.32 Å². The minimum atomic E-state index is -1.71. The summed E-state index contributed by atoms with van der Waals surface area (Å²) in [5, 5.41) is 0.276. The molecule has 3 heteroatoms. The minimum Gasteiger partial charge on any atom is -0.398 e. The molecule has 1 rings (SSSR count). The van der Waals surface area contributed by atoms with E-state index in [2.05, 4.69) is 57.8 Å². The van der Waals surface area contributed by atoms with Crippen molar-refractivity contribution in [2.45, 2.75) is 90.6 Å². The molecule has 0 N–H and O–H groups in total. The second-order valence-electron chi connectivity index (χ2n) is 7.94. The van der Waals surface area contributed by atoms with Crippen LogP contribution in [0.15, 0.2) is 12.2 Å². The molecule has 124 valence electrons. The van der Waals surface area contributed by atoms with Gasteiger partial charge in [0.05, 0.1) is 0 Å². The van der Waals surface area contributed by atoms with E-state index in [1.807, 2.05) is 0 Å². The first-order chi connectivity index (χ1) is 9.78. The van der Waals surface area contributed by atoms with E-state index >= 15 is 0 Å². The summed E-state index contributed by atoms with van der Waals surface area (Å²) in [5.74, 6) is 0. The SMILES string of the molecule is CCCC/C=C\C(O[Si](C)(C)C(C)(C)C)N1CCCCC1. The van der Waals surface area contributed by atoms with Crippen molar-refractivity contribution in [3.63, 3.8) is 0 Å². The molecule has 1 heterocycles. The zero-order valence-electron chi connectivity index (χ0n) is 15.2. The fraction of sp³-hybridized carbons (Fsp3) is 0.889. The highest BCUT2D eigenvalue weighted by Gasteiger charge is 2.39. The van der Waals surface area contributed by atoms with E-state index in [0.717, 1.165) is 0 Å². The van der Waals surface area contributed by atoms with Crippen LogP contribution in [-0.4, -0.2) is 32.5 Å². The number of hydrogen-bond donors (Lipinski definition) is 0. The Kier molecular flexibility index (Phi) is 7.65. The normalized spacial score (nSPS) is 20.1. The number of unbranched alkanes of at least 4 members (excludes halogenated alkanes) is 2. The van der Waals surface area contributed by atoms with Crippen LogP contribution in [0.1, 0.15) is 66.2 Å². The zero-order valence-corrected chi connectivity index (χ0v) is 16.2.